The van der Waals surface area contributed by atoms with Gasteiger partial charge in [-0.05, 0) is 143 Å². The molecule has 11 rings (SSSR count). The van der Waals surface area contributed by atoms with Crippen LogP contribution in [0.4, 0.5) is 17.1 Å². The van der Waals surface area contributed by atoms with Gasteiger partial charge in [-0.3, -0.25) is 0 Å². The lowest BCUT2D eigenvalue weighted by molar-refractivity contribution is 0.660. The Bertz CT molecular complexity index is 3230. The zero-order valence-electron chi connectivity index (χ0n) is 35.0. The van der Waals surface area contributed by atoms with E-state index in [9.17, 15) is 0 Å². The Morgan fingerprint density at radius 3 is 1.32 bits per heavy atom. The molecule has 0 aromatic heterocycles. The van der Waals surface area contributed by atoms with Gasteiger partial charge in [-0.15, -0.1) is 0 Å². The van der Waals surface area contributed by atoms with Crippen molar-refractivity contribution < 1.29 is 0 Å². The van der Waals surface area contributed by atoms with E-state index in [1.807, 2.05) is 0 Å². The Hall–Kier alpha value is -7.74. The van der Waals surface area contributed by atoms with Gasteiger partial charge >= 0.3 is 0 Å². The average molecular weight is 792 g/mol. The van der Waals surface area contributed by atoms with Crippen LogP contribution in [0, 0.1) is 0 Å². The van der Waals surface area contributed by atoms with E-state index in [-0.39, 0.29) is 5.41 Å². The maximum absolute atomic E-state index is 2.40. The maximum Gasteiger partial charge on any atom is 0.0462 e. The summed E-state index contributed by atoms with van der Waals surface area (Å²) in [6.45, 7) is 4.70. The first kappa shape index (κ1) is 37.3. The standard InChI is InChI=1S/C61H45N/c1-61(2)59-22-11-10-21-57(59)58-38-31-51(41-60(58)61)44-27-34-53(35-28-44)62(54-36-29-46(30-37-54)56-20-9-8-19-55(56)45-14-4-3-5-15-45)52-32-25-43(26-33-52)48-17-12-18-49(39-48)50-24-23-42-13-6-7-16-47(42)40-50/h3-41H,1-2H3. The van der Waals surface area contributed by atoms with Crippen molar-refractivity contribution in [2.24, 2.45) is 0 Å². The van der Waals surface area contributed by atoms with Gasteiger partial charge in [0.05, 0.1) is 0 Å². The van der Waals surface area contributed by atoms with E-state index in [2.05, 4.69) is 255 Å². The van der Waals surface area contributed by atoms with Gasteiger partial charge in [-0.2, -0.15) is 0 Å². The molecule has 0 bridgehead atoms. The fraction of sp³-hybridized carbons (Fsp3) is 0.0492. The number of benzene rings is 10. The SMILES string of the molecule is CC1(C)c2ccccc2-c2ccc(-c3ccc(N(c4ccc(-c5cccc(-c6ccc7ccccc7c6)c5)cc4)c4ccc(-c5ccccc5-c5ccccc5)cc4)cc3)cc21. The molecule has 0 saturated heterocycles. The number of rotatable bonds is 8. The average Bonchev–Trinajstić information content (AvgIpc) is 3.57. The Kier molecular flexibility index (Phi) is 9.24. The van der Waals surface area contributed by atoms with Crippen LogP contribution in [0.2, 0.25) is 0 Å². The van der Waals surface area contributed by atoms with Crippen molar-refractivity contribution in [3.8, 4) is 66.8 Å². The van der Waals surface area contributed by atoms with Crippen LogP contribution in [0.3, 0.4) is 0 Å². The minimum atomic E-state index is -0.0453. The van der Waals surface area contributed by atoms with Crippen LogP contribution in [0.15, 0.2) is 237 Å². The number of nitrogens with zero attached hydrogens (tertiary/aromatic N) is 1. The van der Waals surface area contributed by atoms with Crippen LogP contribution in [-0.4, -0.2) is 0 Å². The Balaban J connectivity index is 0.949. The molecule has 62 heavy (non-hydrogen) atoms. The highest BCUT2D eigenvalue weighted by Crippen LogP contribution is 2.50. The summed E-state index contributed by atoms with van der Waals surface area (Å²) in [5.74, 6) is 0. The van der Waals surface area contributed by atoms with Crippen molar-refractivity contribution in [1.29, 1.82) is 0 Å². The van der Waals surface area contributed by atoms with Crippen molar-refractivity contribution in [1.82, 2.24) is 0 Å². The second-order valence-corrected chi connectivity index (χ2v) is 17.0. The summed E-state index contributed by atoms with van der Waals surface area (Å²) in [5.41, 5.74) is 20.8. The topological polar surface area (TPSA) is 3.24 Å². The van der Waals surface area contributed by atoms with Crippen LogP contribution in [0.1, 0.15) is 25.0 Å². The first-order valence-corrected chi connectivity index (χ1v) is 21.6. The van der Waals surface area contributed by atoms with Crippen molar-refractivity contribution in [2.75, 3.05) is 4.90 Å². The van der Waals surface area contributed by atoms with Crippen LogP contribution in [0.5, 0.6) is 0 Å². The molecule has 10 aromatic carbocycles. The van der Waals surface area contributed by atoms with E-state index < -0.39 is 0 Å². The molecule has 10 aromatic rings. The number of fused-ring (bicyclic) bond motifs is 4. The van der Waals surface area contributed by atoms with Crippen molar-refractivity contribution >= 4 is 27.8 Å². The van der Waals surface area contributed by atoms with Crippen LogP contribution < -0.4 is 4.90 Å². The molecule has 1 nitrogen and oxygen atoms in total. The third-order valence-electron chi connectivity index (χ3n) is 12.9. The van der Waals surface area contributed by atoms with Crippen LogP contribution in [0.25, 0.3) is 77.5 Å². The molecule has 1 aliphatic carbocycles. The van der Waals surface area contributed by atoms with Crippen LogP contribution >= 0.6 is 0 Å². The van der Waals surface area contributed by atoms with Gasteiger partial charge in [0, 0.05) is 22.5 Å². The highest BCUT2D eigenvalue weighted by Gasteiger charge is 2.35. The number of hydrogen-bond acceptors (Lipinski definition) is 1. The second-order valence-electron chi connectivity index (χ2n) is 17.0. The molecule has 0 atom stereocenters. The van der Waals surface area contributed by atoms with E-state index in [1.165, 1.54) is 88.7 Å². The minimum absolute atomic E-state index is 0.0453. The normalized spacial score (nSPS) is 12.5. The summed E-state index contributed by atoms with van der Waals surface area (Å²) in [6, 6.07) is 86.5. The number of anilines is 3. The van der Waals surface area contributed by atoms with Gasteiger partial charge in [0.2, 0.25) is 0 Å². The highest BCUT2D eigenvalue weighted by atomic mass is 15.1. The molecule has 0 aliphatic heterocycles. The lowest BCUT2D eigenvalue weighted by Gasteiger charge is -2.26. The molecule has 0 spiro atoms. The van der Waals surface area contributed by atoms with Gasteiger partial charge in [0.1, 0.15) is 0 Å². The molecule has 0 amide bonds. The molecule has 294 valence electrons. The van der Waals surface area contributed by atoms with Gasteiger partial charge in [-0.25, -0.2) is 0 Å². The molecule has 0 saturated carbocycles. The zero-order valence-corrected chi connectivity index (χ0v) is 35.0. The first-order chi connectivity index (χ1) is 30.5. The fourth-order valence-electron chi connectivity index (χ4n) is 9.58. The summed E-state index contributed by atoms with van der Waals surface area (Å²) in [4.78, 5) is 2.37. The molecular formula is C61H45N. The van der Waals surface area contributed by atoms with Crippen molar-refractivity contribution in [2.45, 2.75) is 19.3 Å². The smallest absolute Gasteiger partial charge is 0.0462 e. The molecule has 0 fully saturated rings. The van der Waals surface area contributed by atoms with Gasteiger partial charge in [0.15, 0.2) is 0 Å². The zero-order chi connectivity index (χ0) is 41.6. The Morgan fingerprint density at radius 1 is 0.258 bits per heavy atom. The third kappa shape index (κ3) is 6.69. The van der Waals surface area contributed by atoms with Crippen LogP contribution in [-0.2, 0) is 5.41 Å². The van der Waals surface area contributed by atoms with Crippen molar-refractivity contribution in [3.63, 3.8) is 0 Å². The molecule has 0 heterocycles. The predicted molar refractivity (Wildman–Crippen MR) is 263 cm³/mol. The Labute approximate surface area is 364 Å². The quantitative estimate of drug-likeness (QED) is 0.148. The monoisotopic (exact) mass is 791 g/mol. The summed E-state index contributed by atoms with van der Waals surface area (Å²) in [6.07, 6.45) is 0. The van der Waals surface area contributed by atoms with E-state index in [4.69, 9.17) is 0 Å². The first-order valence-electron chi connectivity index (χ1n) is 21.6. The summed E-state index contributed by atoms with van der Waals surface area (Å²) < 4.78 is 0. The summed E-state index contributed by atoms with van der Waals surface area (Å²) in [5, 5.41) is 2.51. The van der Waals surface area contributed by atoms with E-state index in [1.54, 1.807) is 0 Å². The predicted octanol–water partition coefficient (Wildman–Crippen LogP) is 17.0. The lowest BCUT2D eigenvalue weighted by atomic mass is 9.81. The van der Waals surface area contributed by atoms with Gasteiger partial charge in [0.25, 0.3) is 0 Å². The molecule has 1 heteroatoms. The van der Waals surface area contributed by atoms with E-state index in [0.717, 1.165) is 17.1 Å². The van der Waals surface area contributed by atoms with E-state index >= 15 is 0 Å². The highest BCUT2D eigenvalue weighted by molar-refractivity contribution is 5.89. The Morgan fingerprint density at radius 2 is 0.677 bits per heavy atom. The van der Waals surface area contributed by atoms with Crippen molar-refractivity contribution in [3.05, 3.63) is 248 Å². The third-order valence-corrected chi connectivity index (χ3v) is 12.9. The molecule has 0 N–H and O–H groups in total. The van der Waals surface area contributed by atoms with Gasteiger partial charge < -0.3 is 4.90 Å². The molecule has 1 aliphatic rings. The molecule has 0 radical (unpaired) electrons. The maximum atomic E-state index is 2.40. The molecular weight excluding hydrogens is 747 g/mol. The second kappa shape index (κ2) is 15.4. The fourth-order valence-corrected chi connectivity index (χ4v) is 9.58. The lowest BCUT2D eigenvalue weighted by Crippen LogP contribution is -2.14. The minimum Gasteiger partial charge on any atom is -0.311 e. The largest absolute Gasteiger partial charge is 0.311 e. The molecule has 0 unspecified atom stereocenters. The summed E-state index contributed by atoms with van der Waals surface area (Å²) >= 11 is 0. The number of hydrogen-bond donors (Lipinski definition) is 0. The van der Waals surface area contributed by atoms with E-state index in [0.29, 0.717) is 0 Å². The summed E-state index contributed by atoms with van der Waals surface area (Å²) in [7, 11) is 0. The van der Waals surface area contributed by atoms with Gasteiger partial charge in [-0.1, -0.05) is 196 Å².